The van der Waals surface area contributed by atoms with Crippen LogP contribution >= 0.6 is 0 Å². The van der Waals surface area contributed by atoms with E-state index in [1.807, 2.05) is 25.1 Å². The second kappa shape index (κ2) is 8.35. The summed E-state index contributed by atoms with van der Waals surface area (Å²) in [7, 11) is 1.61. The molecule has 24 heavy (non-hydrogen) atoms. The van der Waals surface area contributed by atoms with Crippen LogP contribution in [0.15, 0.2) is 18.2 Å². The molecule has 134 valence electrons. The van der Waals surface area contributed by atoms with Crippen LogP contribution in [-0.4, -0.2) is 43.4 Å². The first kappa shape index (κ1) is 18.5. The lowest BCUT2D eigenvalue weighted by atomic mass is 10.1. The Hall–Kier alpha value is -1.79. The number of hydrogen-bond acceptors (Lipinski definition) is 5. The quantitative estimate of drug-likeness (QED) is 0.705. The number of ether oxygens (including phenoxy) is 2. The number of aliphatic hydroxyl groups is 1. The Morgan fingerprint density at radius 2 is 2.12 bits per heavy atom. The molecule has 1 fully saturated rings. The van der Waals surface area contributed by atoms with Gasteiger partial charge in [-0.05, 0) is 37.0 Å². The first-order chi connectivity index (χ1) is 11.4. The second-order valence-corrected chi connectivity index (χ2v) is 6.70. The Balaban J connectivity index is 2.01. The molecule has 3 atom stereocenters. The first-order valence-electron chi connectivity index (χ1n) is 8.43. The van der Waals surface area contributed by atoms with E-state index in [0.717, 1.165) is 5.56 Å². The molecule has 6 heteroatoms. The van der Waals surface area contributed by atoms with Crippen molar-refractivity contribution >= 4 is 5.91 Å². The second-order valence-electron chi connectivity index (χ2n) is 6.70. The highest BCUT2D eigenvalue weighted by Gasteiger charge is 2.28. The fourth-order valence-corrected chi connectivity index (χ4v) is 2.64. The van der Waals surface area contributed by atoms with Gasteiger partial charge in [-0.2, -0.15) is 0 Å². The number of benzene rings is 1. The van der Waals surface area contributed by atoms with Crippen LogP contribution < -0.4 is 20.1 Å². The maximum Gasteiger partial charge on any atom is 0.237 e. The molecule has 3 unspecified atom stereocenters. The van der Waals surface area contributed by atoms with Crippen LogP contribution in [0.25, 0.3) is 0 Å². The van der Waals surface area contributed by atoms with Crippen LogP contribution in [0.3, 0.4) is 0 Å². The average molecular weight is 336 g/mol. The summed E-state index contributed by atoms with van der Waals surface area (Å²) < 4.78 is 11.2. The maximum atomic E-state index is 12.2. The molecule has 0 aromatic heterocycles. The number of carbonyl (C=O) groups excluding carboxylic acids is 1. The van der Waals surface area contributed by atoms with Gasteiger partial charge >= 0.3 is 0 Å². The van der Waals surface area contributed by atoms with Crippen LogP contribution in [0, 0.1) is 5.92 Å². The van der Waals surface area contributed by atoms with Gasteiger partial charge in [0.1, 0.15) is 0 Å². The van der Waals surface area contributed by atoms with Crippen molar-refractivity contribution in [3.63, 3.8) is 0 Å². The molecular formula is C18H28N2O4. The Bertz CT molecular complexity index is 562. The van der Waals surface area contributed by atoms with Gasteiger partial charge in [0.25, 0.3) is 0 Å². The van der Waals surface area contributed by atoms with E-state index in [9.17, 15) is 9.90 Å². The highest BCUT2D eigenvalue weighted by atomic mass is 16.5. The van der Waals surface area contributed by atoms with Gasteiger partial charge in [-0.3, -0.25) is 4.79 Å². The summed E-state index contributed by atoms with van der Waals surface area (Å²) in [5.74, 6) is 1.69. The summed E-state index contributed by atoms with van der Waals surface area (Å²) in [6.07, 6.45) is -0.00216. The normalized spacial score (nSPS) is 21.6. The Morgan fingerprint density at radius 1 is 1.38 bits per heavy atom. The number of rotatable bonds is 7. The van der Waals surface area contributed by atoms with Crippen LogP contribution in [0.1, 0.15) is 38.8 Å². The number of nitrogens with one attached hydrogen (secondary N) is 2. The monoisotopic (exact) mass is 336 g/mol. The zero-order valence-electron chi connectivity index (χ0n) is 14.8. The largest absolute Gasteiger partial charge is 0.493 e. The van der Waals surface area contributed by atoms with Crippen molar-refractivity contribution < 1.29 is 19.4 Å². The van der Waals surface area contributed by atoms with Gasteiger partial charge in [-0.1, -0.05) is 19.9 Å². The number of β-amino-alcohol motifs (C(OH)–C–C–N with tert-alkyl or cyclic N) is 1. The third-order valence-corrected chi connectivity index (χ3v) is 4.04. The lowest BCUT2D eigenvalue weighted by molar-refractivity contribution is -0.123. The average Bonchev–Trinajstić information content (AvgIpc) is 2.99. The van der Waals surface area contributed by atoms with Crippen molar-refractivity contribution in [1.29, 1.82) is 0 Å². The van der Waals surface area contributed by atoms with Crippen LogP contribution in [0.2, 0.25) is 0 Å². The van der Waals surface area contributed by atoms with Crippen molar-refractivity contribution in [3.05, 3.63) is 23.8 Å². The van der Waals surface area contributed by atoms with E-state index in [0.29, 0.717) is 37.0 Å². The number of amides is 1. The Kier molecular flexibility index (Phi) is 6.45. The van der Waals surface area contributed by atoms with Crippen molar-refractivity contribution in [2.75, 3.05) is 20.3 Å². The van der Waals surface area contributed by atoms with E-state index in [1.165, 1.54) is 0 Å². The Morgan fingerprint density at radius 3 is 2.71 bits per heavy atom. The van der Waals surface area contributed by atoms with Crippen molar-refractivity contribution in [1.82, 2.24) is 10.6 Å². The molecule has 1 heterocycles. The van der Waals surface area contributed by atoms with Crippen molar-refractivity contribution in [3.8, 4) is 11.5 Å². The molecule has 1 saturated heterocycles. The number of hydrogen-bond donors (Lipinski definition) is 3. The molecule has 1 aliphatic rings. The van der Waals surface area contributed by atoms with Crippen LogP contribution in [-0.2, 0) is 4.79 Å². The topological polar surface area (TPSA) is 79.8 Å². The van der Waals surface area contributed by atoms with E-state index in [-0.39, 0.29) is 18.0 Å². The molecule has 6 nitrogen and oxygen atoms in total. The minimum Gasteiger partial charge on any atom is -0.493 e. The lowest BCUT2D eigenvalue weighted by Crippen LogP contribution is -2.41. The zero-order valence-corrected chi connectivity index (χ0v) is 14.8. The summed E-state index contributed by atoms with van der Waals surface area (Å²) in [6.45, 7) is 7.19. The number of methoxy groups -OCH3 is 1. The van der Waals surface area contributed by atoms with Gasteiger partial charge in [0.05, 0.1) is 31.9 Å². The SMILES string of the molecule is COc1cc(C(C)NC(=O)C2CC(O)CN2)ccc1OCC(C)C. The third kappa shape index (κ3) is 4.85. The van der Waals surface area contributed by atoms with Gasteiger partial charge in [-0.15, -0.1) is 0 Å². The highest BCUT2D eigenvalue weighted by molar-refractivity contribution is 5.82. The summed E-state index contributed by atoms with van der Waals surface area (Å²) in [6, 6.07) is 5.19. The van der Waals surface area contributed by atoms with E-state index < -0.39 is 6.10 Å². The molecule has 0 radical (unpaired) electrons. The lowest BCUT2D eigenvalue weighted by Gasteiger charge is -2.19. The molecule has 2 rings (SSSR count). The molecule has 0 aliphatic carbocycles. The molecular weight excluding hydrogens is 308 g/mol. The summed E-state index contributed by atoms with van der Waals surface area (Å²) in [4.78, 5) is 12.2. The van der Waals surface area contributed by atoms with E-state index >= 15 is 0 Å². The van der Waals surface area contributed by atoms with Gasteiger partial charge in [0.15, 0.2) is 11.5 Å². The first-order valence-corrected chi connectivity index (χ1v) is 8.43. The third-order valence-electron chi connectivity index (χ3n) is 4.04. The van der Waals surface area contributed by atoms with Gasteiger partial charge in [-0.25, -0.2) is 0 Å². The highest BCUT2D eigenvalue weighted by Crippen LogP contribution is 2.30. The fraction of sp³-hybridized carbons (Fsp3) is 0.611. The predicted molar refractivity (Wildman–Crippen MR) is 92.3 cm³/mol. The van der Waals surface area contributed by atoms with Gasteiger partial charge < -0.3 is 25.2 Å². The molecule has 3 N–H and O–H groups in total. The molecule has 1 aromatic rings. The molecule has 0 saturated carbocycles. The smallest absolute Gasteiger partial charge is 0.237 e. The minimum absolute atomic E-state index is 0.0989. The number of aliphatic hydroxyl groups excluding tert-OH is 1. The van der Waals surface area contributed by atoms with Crippen LogP contribution in [0.4, 0.5) is 0 Å². The molecule has 0 spiro atoms. The van der Waals surface area contributed by atoms with E-state index in [2.05, 4.69) is 24.5 Å². The molecule has 0 bridgehead atoms. The number of carbonyl (C=O) groups is 1. The minimum atomic E-state index is -0.450. The Labute approximate surface area is 143 Å². The summed E-state index contributed by atoms with van der Waals surface area (Å²) >= 11 is 0. The molecule has 1 aliphatic heterocycles. The van der Waals surface area contributed by atoms with Gasteiger partial charge in [0.2, 0.25) is 5.91 Å². The molecule has 1 aromatic carbocycles. The standard InChI is InChI=1S/C18H28N2O4/c1-11(2)10-24-16-6-5-13(7-17(16)23-4)12(3)20-18(22)15-8-14(21)9-19-15/h5-7,11-12,14-15,19,21H,8-10H2,1-4H3,(H,20,22). The summed E-state index contributed by atoms with van der Waals surface area (Å²) in [5.41, 5.74) is 0.940. The van der Waals surface area contributed by atoms with E-state index in [4.69, 9.17) is 9.47 Å². The predicted octanol–water partition coefficient (Wildman–Crippen LogP) is 1.63. The maximum absolute atomic E-state index is 12.2. The van der Waals surface area contributed by atoms with Crippen LogP contribution in [0.5, 0.6) is 11.5 Å². The van der Waals surface area contributed by atoms with E-state index in [1.54, 1.807) is 7.11 Å². The van der Waals surface area contributed by atoms with Crippen molar-refractivity contribution in [2.45, 2.75) is 45.4 Å². The van der Waals surface area contributed by atoms with Crippen molar-refractivity contribution in [2.24, 2.45) is 5.92 Å². The molecule has 1 amide bonds. The summed E-state index contributed by atoms with van der Waals surface area (Å²) in [5, 5.41) is 15.5. The van der Waals surface area contributed by atoms with Gasteiger partial charge in [0, 0.05) is 6.54 Å². The fourth-order valence-electron chi connectivity index (χ4n) is 2.64. The zero-order chi connectivity index (χ0) is 17.7.